The van der Waals surface area contributed by atoms with Crippen molar-refractivity contribution in [2.75, 3.05) is 0 Å². The van der Waals surface area contributed by atoms with Crippen molar-refractivity contribution in [2.24, 2.45) is 0 Å². The maximum absolute atomic E-state index is 11.5. The van der Waals surface area contributed by atoms with Gasteiger partial charge in [-0.2, -0.15) is 0 Å². The highest BCUT2D eigenvalue weighted by Crippen LogP contribution is 2.43. The Kier molecular flexibility index (Phi) is 14.5. The van der Waals surface area contributed by atoms with Gasteiger partial charge in [0.25, 0.3) is 11.4 Å². The molecule has 1 fully saturated rings. The van der Waals surface area contributed by atoms with E-state index in [2.05, 4.69) is 187 Å². The molecule has 2 heterocycles. The smallest absolute Gasteiger partial charge is 0.269 e. The van der Waals surface area contributed by atoms with E-state index >= 15 is 0 Å². The van der Waals surface area contributed by atoms with E-state index in [1.54, 1.807) is 48.5 Å². The third kappa shape index (κ3) is 11.3. The van der Waals surface area contributed by atoms with Crippen LogP contribution in [0.1, 0.15) is 165 Å². The number of nitro benzene ring substituents is 2. The first-order valence-corrected chi connectivity index (χ1v) is 26.9. The van der Waals surface area contributed by atoms with Crippen LogP contribution in [-0.2, 0) is 48.0 Å². The van der Waals surface area contributed by atoms with Crippen LogP contribution in [0.2, 0.25) is 0 Å². The van der Waals surface area contributed by atoms with Gasteiger partial charge in [0.2, 0.25) is 12.7 Å². The summed E-state index contributed by atoms with van der Waals surface area (Å²) in [5.74, 6) is 1.70. The van der Waals surface area contributed by atoms with Crippen molar-refractivity contribution in [3.05, 3.63) is 199 Å². The number of para-hydroxylation sites is 4. The number of hydrogen-bond donors (Lipinski definition) is 0. The standard InChI is InChI=1S/C64H76N6O6/c1-61(2,3)47-33-45(59(51(35-47)63(7,8)9)75-39-43-25-29-49(30-26-43)69(71)72)37-65-41-67(55-21-15-13-19-53(55)65)57-23-17-18-24-58(57)68-42-66(54-20-14-16-22-56(54)68)38-46-34-48(62(4,5)6)36-52(64(10,11)12)60(46)76-40-44-27-31-50(32-28-44)70(73)74/h13-16,19-22,25-36,41-42,57-58H,17-18,23-24,37-40H2,1-12H3/q+2/t57-,58-/m1/s1. The number of ether oxygens (including phenoxy) is 2. The summed E-state index contributed by atoms with van der Waals surface area (Å²) >= 11 is 0. The lowest BCUT2D eigenvalue weighted by Gasteiger charge is -2.29. The number of nitro groups is 2. The molecule has 9 rings (SSSR count). The molecular weight excluding hydrogens is 949 g/mol. The zero-order valence-electron chi connectivity index (χ0n) is 46.6. The van der Waals surface area contributed by atoms with Crippen LogP contribution in [0.3, 0.4) is 0 Å². The largest absolute Gasteiger partial charge is 0.488 e. The maximum Gasteiger partial charge on any atom is 0.269 e. The van der Waals surface area contributed by atoms with Gasteiger partial charge in [-0.1, -0.05) is 119 Å². The molecule has 0 radical (unpaired) electrons. The van der Waals surface area contributed by atoms with Crippen LogP contribution < -0.4 is 18.6 Å². The maximum atomic E-state index is 11.5. The molecule has 1 aliphatic rings. The fourth-order valence-electron chi connectivity index (χ4n) is 11.0. The van der Waals surface area contributed by atoms with Crippen LogP contribution >= 0.6 is 0 Å². The molecule has 1 aliphatic carbocycles. The van der Waals surface area contributed by atoms with Crippen LogP contribution in [0.25, 0.3) is 22.1 Å². The van der Waals surface area contributed by atoms with Gasteiger partial charge in [-0.05, 0) is 130 Å². The van der Waals surface area contributed by atoms with Gasteiger partial charge >= 0.3 is 0 Å². The Bertz CT molecular complexity index is 3200. The molecule has 0 saturated heterocycles. The van der Waals surface area contributed by atoms with Crippen molar-refractivity contribution >= 4 is 33.4 Å². The van der Waals surface area contributed by atoms with Gasteiger partial charge < -0.3 is 9.47 Å². The van der Waals surface area contributed by atoms with E-state index in [0.29, 0.717) is 13.1 Å². The first-order valence-electron chi connectivity index (χ1n) is 26.9. The van der Waals surface area contributed by atoms with Gasteiger partial charge in [0.1, 0.15) is 49.9 Å². The zero-order valence-corrected chi connectivity index (χ0v) is 46.6. The number of imidazole rings is 2. The number of fused-ring (bicyclic) bond motifs is 2. The van der Waals surface area contributed by atoms with E-state index < -0.39 is 0 Å². The van der Waals surface area contributed by atoms with Crippen LogP contribution in [0.4, 0.5) is 11.4 Å². The third-order valence-electron chi connectivity index (χ3n) is 15.3. The van der Waals surface area contributed by atoms with Crippen LogP contribution in [-0.4, -0.2) is 19.0 Å². The topological polar surface area (TPSA) is 122 Å². The summed E-state index contributed by atoms with van der Waals surface area (Å²) < 4.78 is 23.7. The first-order chi connectivity index (χ1) is 35.8. The summed E-state index contributed by atoms with van der Waals surface area (Å²) in [6.45, 7) is 28.7. The molecule has 0 unspecified atom stereocenters. The highest BCUT2D eigenvalue weighted by molar-refractivity contribution is 5.73. The number of aromatic nitrogens is 4. The number of benzene rings is 6. The Hall–Kier alpha value is -7.34. The van der Waals surface area contributed by atoms with Crippen molar-refractivity contribution in [2.45, 2.75) is 169 Å². The Morgan fingerprint density at radius 2 is 0.855 bits per heavy atom. The number of nitrogens with zero attached hydrogens (tertiary/aromatic N) is 6. The Morgan fingerprint density at radius 1 is 0.500 bits per heavy atom. The van der Waals surface area contributed by atoms with Gasteiger partial charge in [-0.15, -0.1) is 0 Å². The molecule has 0 N–H and O–H groups in total. The van der Waals surface area contributed by atoms with E-state index in [0.717, 1.165) is 81.6 Å². The van der Waals surface area contributed by atoms with E-state index in [-0.39, 0.29) is 68.2 Å². The minimum absolute atomic E-state index is 0.0577. The lowest BCUT2D eigenvalue weighted by atomic mass is 9.79. The zero-order chi connectivity index (χ0) is 54.5. The van der Waals surface area contributed by atoms with Gasteiger partial charge in [0.15, 0.2) is 22.1 Å². The van der Waals surface area contributed by atoms with Gasteiger partial charge in [0.05, 0.1) is 9.85 Å². The minimum atomic E-state index is -0.371. The second-order valence-corrected chi connectivity index (χ2v) is 25.1. The lowest BCUT2D eigenvalue weighted by Crippen LogP contribution is -2.35. The Labute approximate surface area is 448 Å². The molecule has 2 aromatic heterocycles. The molecule has 12 heteroatoms. The van der Waals surface area contributed by atoms with Crippen LogP contribution in [0, 0.1) is 20.2 Å². The average molecular weight is 1030 g/mol. The summed E-state index contributed by atoms with van der Waals surface area (Å²) in [7, 11) is 0. The van der Waals surface area contributed by atoms with Crippen molar-refractivity contribution in [1.29, 1.82) is 0 Å². The van der Waals surface area contributed by atoms with Crippen molar-refractivity contribution < 1.29 is 28.5 Å². The molecule has 12 nitrogen and oxygen atoms in total. The predicted molar refractivity (Wildman–Crippen MR) is 302 cm³/mol. The lowest BCUT2D eigenvalue weighted by molar-refractivity contribution is -0.664. The highest BCUT2D eigenvalue weighted by atomic mass is 16.6. The molecule has 0 aliphatic heterocycles. The molecule has 76 heavy (non-hydrogen) atoms. The van der Waals surface area contributed by atoms with E-state index in [9.17, 15) is 20.2 Å². The average Bonchev–Trinajstić information content (AvgIpc) is 3.92. The van der Waals surface area contributed by atoms with Gasteiger partial charge in [0, 0.05) is 46.5 Å². The molecule has 396 valence electrons. The molecule has 8 aromatic rings. The van der Waals surface area contributed by atoms with Crippen molar-refractivity contribution in [1.82, 2.24) is 9.13 Å². The third-order valence-corrected chi connectivity index (χ3v) is 15.3. The first kappa shape index (κ1) is 53.5. The summed E-state index contributed by atoms with van der Waals surface area (Å²) in [6, 6.07) is 40.4. The second kappa shape index (κ2) is 20.7. The normalized spacial score (nSPS) is 15.6. The Balaban J connectivity index is 1.12. The van der Waals surface area contributed by atoms with Crippen LogP contribution in [0.15, 0.2) is 134 Å². The summed E-state index contributed by atoms with van der Waals surface area (Å²) in [4.78, 5) is 22.2. The molecule has 0 bridgehead atoms. The van der Waals surface area contributed by atoms with E-state index in [1.165, 1.54) is 22.2 Å². The number of non-ortho nitro benzene ring substituents is 2. The fourth-order valence-corrected chi connectivity index (χ4v) is 11.0. The second-order valence-electron chi connectivity index (χ2n) is 25.1. The summed E-state index contributed by atoms with van der Waals surface area (Å²) in [5, 5.41) is 23.0. The van der Waals surface area contributed by atoms with E-state index in [4.69, 9.17) is 9.47 Å². The Morgan fingerprint density at radius 3 is 1.18 bits per heavy atom. The monoisotopic (exact) mass is 1020 g/mol. The molecule has 0 spiro atoms. The van der Waals surface area contributed by atoms with Crippen molar-refractivity contribution in [3.63, 3.8) is 0 Å². The molecule has 2 atom stereocenters. The van der Waals surface area contributed by atoms with Gasteiger partial charge in [-0.3, -0.25) is 20.2 Å². The fraction of sp³-hybridized carbons (Fsp3) is 0.406. The SMILES string of the molecule is CC(C)(C)c1cc(C[n+]2cn([C@@H]3CCCC[C@H]3n3c[n+](Cc4cc(C(C)(C)C)cc(C(C)(C)C)c4OCc4ccc([N+](=O)[O-])cc4)c4ccccc43)c3ccccc32)c(OCc2ccc([N+](=O)[O-])cc2)c(C(C)(C)C)c1. The molecule has 0 amide bonds. The summed E-state index contributed by atoms with van der Waals surface area (Å²) in [5.41, 5.74) is 12.7. The summed E-state index contributed by atoms with van der Waals surface area (Å²) in [6.07, 6.45) is 8.98. The molecule has 1 saturated carbocycles. The highest BCUT2D eigenvalue weighted by Gasteiger charge is 2.39. The van der Waals surface area contributed by atoms with E-state index in [1.807, 2.05) is 0 Å². The molecular formula is C64H76N6O6+2. The quantitative estimate of drug-likeness (QED) is 0.0607. The van der Waals surface area contributed by atoms with Crippen LogP contribution in [0.5, 0.6) is 11.5 Å². The number of hydrogen-bond acceptors (Lipinski definition) is 6. The minimum Gasteiger partial charge on any atom is -0.488 e. The molecule has 6 aromatic carbocycles. The number of rotatable bonds is 14. The predicted octanol–water partition coefficient (Wildman–Crippen LogP) is 14.8. The van der Waals surface area contributed by atoms with Crippen molar-refractivity contribution in [3.8, 4) is 11.5 Å². The van der Waals surface area contributed by atoms with Gasteiger partial charge in [-0.25, -0.2) is 18.3 Å².